The number of carbonyl (C=O) groups is 1. The van der Waals surface area contributed by atoms with Gasteiger partial charge in [-0.05, 0) is 0 Å². The number of aliphatic carboxylic acids is 1. The molecule has 0 aromatic carbocycles. The molecule has 2 N–H and O–H groups in total. The van der Waals surface area contributed by atoms with E-state index in [2.05, 4.69) is 0 Å². The summed E-state index contributed by atoms with van der Waals surface area (Å²) < 4.78 is 0. The first-order valence-electron chi connectivity index (χ1n) is 1.37. The molecule has 7 heavy (non-hydrogen) atoms. The summed E-state index contributed by atoms with van der Waals surface area (Å²) in [5.41, 5.74) is 0. The summed E-state index contributed by atoms with van der Waals surface area (Å²) in [5.74, 6) is -0.833. The highest BCUT2D eigenvalue weighted by molar-refractivity contribution is 5.62. The van der Waals surface area contributed by atoms with E-state index in [0.29, 0.717) is 0 Å². The molecule has 0 aliphatic carbocycles. The predicted molar refractivity (Wildman–Crippen MR) is 28.2 cm³/mol. The van der Waals surface area contributed by atoms with Crippen LogP contribution in [-0.2, 0) is 4.79 Å². The first kappa shape index (κ1) is 16.1. The second kappa shape index (κ2) is 18.0. The molecule has 0 unspecified atom stereocenters. The van der Waals surface area contributed by atoms with Gasteiger partial charge in [-0.25, -0.2) is 0 Å². The molecule has 3 nitrogen and oxygen atoms in total. The van der Waals surface area contributed by atoms with Crippen LogP contribution in [-0.4, -0.2) is 23.3 Å². The summed E-state index contributed by atoms with van der Waals surface area (Å²) in [5, 5.41) is 14.4. The molecule has 0 radical (unpaired) electrons. The number of hydrogen-bond donors (Lipinski definition) is 2. The quantitative estimate of drug-likeness (QED) is 0.470. The van der Waals surface area contributed by atoms with Crippen LogP contribution in [0.5, 0.6) is 0 Å². The Bertz CT molecular complexity index is 29.9. The third kappa shape index (κ3) is 197. The molecule has 0 atom stereocenters. The fourth-order valence-corrected chi connectivity index (χ4v) is 0. The highest BCUT2D eigenvalue weighted by Gasteiger charge is 1.65. The topological polar surface area (TPSA) is 57.5 Å². The Hall–Kier alpha value is -0.570. The van der Waals surface area contributed by atoms with Gasteiger partial charge in [0.05, 0.1) is 0 Å². The van der Waals surface area contributed by atoms with Crippen LogP contribution in [0.2, 0.25) is 0 Å². The van der Waals surface area contributed by atoms with Gasteiger partial charge in [-0.1, -0.05) is 7.43 Å². The van der Waals surface area contributed by atoms with E-state index in [1.165, 1.54) is 0 Å². The molecule has 0 aliphatic rings. The number of carboxylic acid groups (broad SMARTS) is 1. The van der Waals surface area contributed by atoms with Crippen molar-refractivity contribution in [3.63, 3.8) is 0 Å². The lowest BCUT2D eigenvalue weighted by Gasteiger charge is -1.59. The zero-order chi connectivity index (χ0) is 5.58. The van der Waals surface area contributed by atoms with Gasteiger partial charge in [0.2, 0.25) is 0 Å². The van der Waals surface area contributed by atoms with Crippen molar-refractivity contribution in [1.29, 1.82) is 0 Å². The molecule has 0 aromatic heterocycles. The second-order valence-electron chi connectivity index (χ2n) is 0.519. The van der Waals surface area contributed by atoms with E-state index >= 15 is 0 Å². The second-order valence-corrected chi connectivity index (χ2v) is 0.519. The summed E-state index contributed by atoms with van der Waals surface area (Å²) in [4.78, 5) is 9.00. The Kier molecular flexibility index (Phi) is 41.5. The minimum Gasteiger partial charge on any atom is -0.481 e. The fourth-order valence-electron chi connectivity index (χ4n) is 0. The van der Waals surface area contributed by atoms with E-state index in [4.69, 9.17) is 15.0 Å². The molecule has 0 fully saturated rings. The third-order valence-electron chi connectivity index (χ3n) is 0. The van der Waals surface area contributed by atoms with Gasteiger partial charge in [-0.2, -0.15) is 0 Å². The van der Waals surface area contributed by atoms with Crippen molar-refractivity contribution >= 4 is 5.97 Å². The summed E-state index contributed by atoms with van der Waals surface area (Å²) in [6.07, 6.45) is 0. The van der Waals surface area contributed by atoms with Gasteiger partial charge < -0.3 is 10.2 Å². The standard InChI is InChI=1S/C2H4O2.CH4O.CH4/c1-2(3)4;1-2;/h1H3,(H,3,4);2H,1H3;1H4. The van der Waals surface area contributed by atoms with Crippen molar-refractivity contribution in [1.82, 2.24) is 0 Å². The van der Waals surface area contributed by atoms with Crippen LogP contribution in [0.3, 0.4) is 0 Å². The smallest absolute Gasteiger partial charge is 0.300 e. The van der Waals surface area contributed by atoms with E-state index in [-0.39, 0.29) is 7.43 Å². The molecule has 3 heteroatoms. The van der Waals surface area contributed by atoms with Crippen LogP contribution in [0, 0.1) is 0 Å². The van der Waals surface area contributed by atoms with E-state index < -0.39 is 5.97 Å². The Morgan fingerprint density at radius 3 is 1.43 bits per heavy atom. The van der Waals surface area contributed by atoms with Crippen LogP contribution in [0.1, 0.15) is 14.4 Å². The van der Waals surface area contributed by atoms with Gasteiger partial charge in [-0.3, -0.25) is 4.79 Å². The number of carboxylic acids is 1. The van der Waals surface area contributed by atoms with Crippen molar-refractivity contribution in [3.05, 3.63) is 0 Å². The number of hydrogen-bond acceptors (Lipinski definition) is 2. The number of rotatable bonds is 0. The Morgan fingerprint density at radius 2 is 1.43 bits per heavy atom. The molecule has 0 spiro atoms. The molecule has 0 heterocycles. The minimum absolute atomic E-state index is 0. The SMILES string of the molecule is C.CC(=O)O.CO. The monoisotopic (exact) mass is 108 g/mol. The molecule has 0 bridgehead atoms. The largest absolute Gasteiger partial charge is 0.481 e. The zero-order valence-electron chi connectivity index (χ0n) is 3.80. The molecule has 46 valence electrons. The lowest BCUT2D eigenvalue weighted by Crippen LogP contribution is -1.78. The van der Waals surface area contributed by atoms with Gasteiger partial charge >= 0.3 is 0 Å². The van der Waals surface area contributed by atoms with Gasteiger partial charge in [0.1, 0.15) is 0 Å². The highest BCUT2D eigenvalue weighted by atomic mass is 16.4. The maximum Gasteiger partial charge on any atom is 0.300 e. The summed E-state index contributed by atoms with van der Waals surface area (Å²) in [6.45, 7) is 1.08. The zero-order valence-corrected chi connectivity index (χ0v) is 3.80. The van der Waals surface area contributed by atoms with Crippen molar-refractivity contribution in [3.8, 4) is 0 Å². The van der Waals surface area contributed by atoms with E-state index in [0.717, 1.165) is 14.0 Å². The van der Waals surface area contributed by atoms with Crippen molar-refractivity contribution in [2.75, 3.05) is 7.11 Å². The van der Waals surface area contributed by atoms with Gasteiger partial charge in [0.15, 0.2) is 0 Å². The molecule has 0 amide bonds. The Labute approximate surface area is 43.6 Å². The minimum atomic E-state index is -0.833. The average molecular weight is 108 g/mol. The summed E-state index contributed by atoms with van der Waals surface area (Å²) in [6, 6.07) is 0. The van der Waals surface area contributed by atoms with Crippen LogP contribution < -0.4 is 0 Å². The van der Waals surface area contributed by atoms with Crippen LogP contribution in [0.25, 0.3) is 0 Å². The maximum atomic E-state index is 9.00. The van der Waals surface area contributed by atoms with Crippen LogP contribution in [0.4, 0.5) is 0 Å². The maximum absolute atomic E-state index is 9.00. The van der Waals surface area contributed by atoms with E-state index in [9.17, 15) is 0 Å². The molecule has 0 saturated carbocycles. The van der Waals surface area contributed by atoms with Gasteiger partial charge in [-0.15, -0.1) is 0 Å². The van der Waals surface area contributed by atoms with Crippen molar-refractivity contribution in [2.24, 2.45) is 0 Å². The van der Waals surface area contributed by atoms with E-state index in [1.54, 1.807) is 0 Å². The van der Waals surface area contributed by atoms with Crippen LogP contribution >= 0.6 is 0 Å². The first-order valence-corrected chi connectivity index (χ1v) is 1.37. The predicted octanol–water partition coefficient (Wildman–Crippen LogP) is 0.335. The number of aliphatic hydroxyl groups is 1. The Morgan fingerprint density at radius 1 is 1.43 bits per heavy atom. The normalized spacial score (nSPS) is 4.43. The van der Waals surface area contributed by atoms with E-state index in [1.807, 2.05) is 0 Å². The molecule has 0 aliphatic heterocycles. The van der Waals surface area contributed by atoms with Gasteiger partial charge in [0.25, 0.3) is 5.97 Å². The molecule has 0 saturated heterocycles. The molecule has 0 rings (SSSR count). The van der Waals surface area contributed by atoms with Crippen molar-refractivity contribution in [2.45, 2.75) is 14.4 Å². The Balaban J connectivity index is -0.0000000480. The van der Waals surface area contributed by atoms with Crippen molar-refractivity contribution < 1.29 is 15.0 Å². The first-order chi connectivity index (χ1) is 2.73. The summed E-state index contributed by atoms with van der Waals surface area (Å²) >= 11 is 0. The number of aliphatic hydroxyl groups excluding tert-OH is 1. The molecular formula is C4H12O3. The third-order valence-corrected chi connectivity index (χ3v) is 0. The molecule has 0 aromatic rings. The van der Waals surface area contributed by atoms with Gasteiger partial charge in [0, 0.05) is 14.0 Å². The fraction of sp³-hybridized carbons (Fsp3) is 0.750. The van der Waals surface area contributed by atoms with Crippen LogP contribution in [0.15, 0.2) is 0 Å². The highest BCUT2D eigenvalue weighted by Crippen LogP contribution is 1.42. The lowest BCUT2D eigenvalue weighted by molar-refractivity contribution is -0.134. The average Bonchev–Trinajstić information content (AvgIpc) is 1.41. The molecular weight excluding hydrogens is 96.0 g/mol. The summed E-state index contributed by atoms with van der Waals surface area (Å²) in [7, 11) is 1.00. The lowest BCUT2D eigenvalue weighted by atomic mass is 10.9.